The lowest BCUT2D eigenvalue weighted by Crippen LogP contribution is -2.28. The number of rotatable bonds is 6. The fraction of sp³-hybridized carbons (Fsp3) is 0.150. The summed E-state index contributed by atoms with van der Waals surface area (Å²) in [6.07, 6.45) is 3.23. The second kappa shape index (κ2) is 8.46. The number of aromatic nitrogens is 5. The second-order valence-corrected chi connectivity index (χ2v) is 7.39. The van der Waals surface area contributed by atoms with Gasteiger partial charge in [0.15, 0.2) is 11.2 Å². The van der Waals surface area contributed by atoms with Crippen molar-refractivity contribution >= 4 is 34.5 Å². The predicted octanol–water partition coefficient (Wildman–Crippen LogP) is 2.54. The first-order valence-electron chi connectivity index (χ1n) is 9.00. The van der Waals surface area contributed by atoms with Crippen LogP contribution in [0.3, 0.4) is 0 Å². The maximum absolute atomic E-state index is 13.4. The standard InChI is InChI=1S/C20H17FN6O2S/c1-30-16-7-3-6-15(9-16)23-17(28)11-26-12-22-19-18(20(26)29)24-25-27(19)10-13-4-2-5-14(21)8-13/h2-9,12H,10-11H2,1H3,(H,23,28). The summed E-state index contributed by atoms with van der Waals surface area (Å²) in [5.74, 6) is -0.718. The van der Waals surface area contributed by atoms with Gasteiger partial charge in [0, 0.05) is 10.6 Å². The van der Waals surface area contributed by atoms with Gasteiger partial charge in [-0.1, -0.05) is 23.4 Å². The van der Waals surface area contributed by atoms with Gasteiger partial charge in [0.2, 0.25) is 5.91 Å². The molecule has 0 aliphatic rings. The van der Waals surface area contributed by atoms with Crippen LogP contribution in [0.25, 0.3) is 11.2 Å². The molecular formula is C20H17FN6O2S. The first-order valence-corrected chi connectivity index (χ1v) is 10.2. The number of hydrogen-bond donors (Lipinski definition) is 1. The quantitative estimate of drug-likeness (QED) is 0.478. The van der Waals surface area contributed by atoms with Crippen LogP contribution in [0.5, 0.6) is 0 Å². The number of nitrogens with one attached hydrogen (secondary N) is 1. The van der Waals surface area contributed by atoms with E-state index in [0.29, 0.717) is 11.3 Å². The van der Waals surface area contributed by atoms with Crippen LogP contribution in [-0.2, 0) is 17.9 Å². The summed E-state index contributed by atoms with van der Waals surface area (Å²) in [6, 6.07) is 13.5. The van der Waals surface area contributed by atoms with Crippen LogP contribution < -0.4 is 10.9 Å². The molecule has 0 radical (unpaired) electrons. The van der Waals surface area contributed by atoms with Crippen molar-refractivity contribution in [2.24, 2.45) is 0 Å². The molecule has 2 aromatic heterocycles. The first-order chi connectivity index (χ1) is 14.5. The van der Waals surface area contributed by atoms with E-state index in [1.165, 1.54) is 27.7 Å². The van der Waals surface area contributed by atoms with Gasteiger partial charge in [-0.05, 0) is 42.2 Å². The third kappa shape index (κ3) is 4.23. The van der Waals surface area contributed by atoms with E-state index < -0.39 is 5.56 Å². The summed E-state index contributed by atoms with van der Waals surface area (Å²) in [5, 5.41) is 10.6. The van der Waals surface area contributed by atoms with Gasteiger partial charge in [0.05, 0.1) is 6.54 Å². The molecule has 1 N–H and O–H groups in total. The number of benzene rings is 2. The zero-order valence-corrected chi connectivity index (χ0v) is 16.8. The van der Waals surface area contributed by atoms with Gasteiger partial charge in [0.25, 0.3) is 5.56 Å². The highest BCUT2D eigenvalue weighted by Crippen LogP contribution is 2.19. The van der Waals surface area contributed by atoms with E-state index in [2.05, 4.69) is 20.6 Å². The lowest BCUT2D eigenvalue weighted by atomic mass is 10.2. The van der Waals surface area contributed by atoms with Gasteiger partial charge >= 0.3 is 0 Å². The minimum Gasteiger partial charge on any atom is -0.324 e. The number of thioether (sulfide) groups is 1. The predicted molar refractivity (Wildman–Crippen MR) is 112 cm³/mol. The molecule has 0 saturated heterocycles. The van der Waals surface area contributed by atoms with Crippen LogP contribution in [0, 0.1) is 5.82 Å². The number of fused-ring (bicyclic) bond motifs is 1. The lowest BCUT2D eigenvalue weighted by Gasteiger charge is -2.08. The number of amides is 1. The molecule has 30 heavy (non-hydrogen) atoms. The van der Waals surface area contributed by atoms with Crippen molar-refractivity contribution < 1.29 is 9.18 Å². The normalized spacial score (nSPS) is 11.0. The van der Waals surface area contributed by atoms with Gasteiger partial charge in [-0.3, -0.25) is 14.2 Å². The molecular weight excluding hydrogens is 407 g/mol. The summed E-state index contributed by atoms with van der Waals surface area (Å²) in [6.45, 7) is 0.0129. The Morgan fingerprint density at radius 3 is 2.83 bits per heavy atom. The molecule has 8 nitrogen and oxygen atoms in total. The van der Waals surface area contributed by atoms with Gasteiger partial charge in [-0.15, -0.1) is 16.9 Å². The van der Waals surface area contributed by atoms with E-state index in [1.807, 2.05) is 24.5 Å². The highest BCUT2D eigenvalue weighted by atomic mass is 32.2. The fourth-order valence-corrected chi connectivity index (χ4v) is 3.43. The molecule has 152 valence electrons. The number of anilines is 1. The molecule has 0 unspecified atom stereocenters. The SMILES string of the molecule is CSc1cccc(NC(=O)Cn2cnc3c(nnn3Cc3cccc(F)c3)c2=O)c1. The zero-order valence-electron chi connectivity index (χ0n) is 15.9. The van der Waals surface area contributed by atoms with Crippen molar-refractivity contribution in [2.75, 3.05) is 11.6 Å². The fourth-order valence-electron chi connectivity index (χ4n) is 2.97. The topological polar surface area (TPSA) is 94.7 Å². The summed E-state index contributed by atoms with van der Waals surface area (Å²) in [4.78, 5) is 30.3. The van der Waals surface area contributed by atoms with Gasteiger partial charge < -0.3 is 5.32 Å². The molecule has 2 aromatic carbocycles. The van der Waals surface area contributed by atoms with E-state index >= 15 is 0 Å². The molecule has 0 spiro atoms. The third-order valence-electron chi connectivity index (χ3n) is 4.38. The van der Waals surface area contributed by atoms with Crippen LogP contribution in [0.15, 0.2) is 64.5 Å². The van der Waals surface area contributed by atoms with Gasteiger partial charge in [0.1, 0.15) is 18.7 Å². The van der Waals surface area contributed by atoms with Crippen molar-refractivity contribution in [1.82, 2.24) is 24.5 Å². The van der Waals surface area contributed by atoms with Crippen LogP contribution in [0.4, 0.5) is 10.1 Å². The van der Waals surface area contributed by atoms with E-state index in [4.69, 9.17) is 0 Å². The minimum absolute atomic E-state index is 0.0473. The van der Waals surface area contributed by atoms with Crippen molar-refractivity contribution in [3.05, 3.63) is 76.6 Å². The summed E-state index contributed by atoms with van der Waals surface area (Å²) in [7, 11) is 0. The van der Waals surface area contributed by atoms with E-state index in [9.17, 15) is 14.0 Å². The minimum atomic E-state index is -0.474. The van der Waals surface area contributed by atoms with Crippen LogP contribution in [0.1, 0.15) is 5.56 Å². The molecule has 0 bridgehead atoms. The van der Waals surface area contributed by atoms with Crippen molar-refractivity contribution in [2.45, 2.75) is 18.0 Å². The maximum atomic E-state index is 13.4. The maximum Gasteiger partial charge on any atom is 0.283 e. The Labute approximate surface area is 174 Å². The number of nitrogens with zero attached hydrogens (tertiary/aromatic N) is 5. The first kappa shape index (κ1) is 19.8. The van der Waals surface area contributed by atoms with Crippen molar-refractivity contribution in [1.29, 1.82) is 0 Å². The molecule has 0 atom stereocenters. The average Bonchev–Trinajstić information content (AvgIpc) is 3.13. The van der Waals surface area contributed by atoms with Crippen molar-refractivity contribution in [3.63, 3.8) is 0 Å². The molecule has 4 rings (SSSR count). The molecule has 0 fully saturated rings. The number of hydrogen-bond acceptors (Lipinski definition) is 6. The Balaban J connectivity index is 1.53. The lowest BCUT2D eigenvalue weighted by molar-refractivity contribution is -0.116. The van der Waals surface area contributed by atoms with Crippen molar-refractivity contribution in [3.8, 4) is 0 Å². The third-order valence-corrected chi connectivity index (χ3v) is 5.11. The van der Waals surface area contributed by atoms with Crippen LogP contribution in [0.2, 0.25) is 0 Å². The molecule has 0 aliphatic heterocycles. The smallest absolute Gasteiger partial charge is 0.283 e. The van der Waals surface area contributed by atoms with Gasteiger partial charge in [-0.2, -0.15) is 0 Å². The Hall–Kier alpha value is -3.53. The molecule has 1 amide bonds. The number of carbonyl (C=O) groups is 1. The Bertz CT molecular complexity index is 1290. The van der Waals surface area contributed by atoms with E-state index in [0.717, 1.165) is 4.90 Å². The number of halogens is 1. The zero-order chi connectivity index (χ0) is 21.1. The van der Waals surface area contributed by atoms with E-state index in [1.54, 1.807) is 30.0 Å². The largest absolute Gasteiger partial charge is 0.324 e. The highest BCUT2D eigenvalue weighted by molar-refractivity contribution is 7.98. The summed E-state index contributed by atoms with van der Waals surface area (Å²) >= 11 is 1.57. The molecule has 2 heterocycles. The molecule has 0 aliphatic carbocycles. The monoisotopic (exact) mass is 424 g/mol. The van der Waals surface area contributed by atoms with Gasteiger partial charge in [-0.25, -0.2) is 14.1 Å². The number of carbonyl (C=O) groups excluding carboxylic acids is 1. The summed E-state index contributed by atoms with van der Waals surface area (Å²) < 4.78 is 16.0. The molecule has 10 heteroatoms. The second-order valence-electron chi connectivity index (χ2n) is 6.51. The molecule has 0 saturated carbocycles. The summed E-state index contributed by atoms with van der Waals surface area (Å²) in [5.41, 5.74) is 1.16. The van der Waals surface area contributed by atoms with E-state index in [-0.39, 0.29) is 36.0 Å². The van der Waals surface area contributed by atoms with Crippen LogP contribution >= 0.6 is 11.8 Å². The highest BCUT2D eigenvalue weighted by Gasteiger charge is 2.14. The average molecular weight is 424 g/mol. The Kier molecular flexibility index (Phi) is 5.57. The van der Waals surface area contributed by atoms with Crippen LogP contribution in [-0.4, -0.2) is 36.7 Å². The Morgan fingerprint density at radius 1 is 1.20 bits per heavy atom. The Morgan fingerprint density at radius 2 is 2.03 bits per heavy atom. The molecule has 4 aromatic rings.